The second kappa shape index (κ2) is 10.9. The summed E-state index contributed by atoms with van der Waals surface area (Å²) in [5.74, 6) is 0.921. The molecule has 2 amide bonds. The van der Waals surface area contributed by atoms with Crippen LogP contribution in [-0.4, -0.2) is 59.6 Å². The van der Waals surface area contributed by atoms with Gasteiger partial charge in [-0.15, -0.1) is 0 Å². The van der Waals surface area contributed by atoms with Gasteiger partial charge in [0.2, 0.25) is 17.6 Å². The summed E-state index contributed by atoms with van der Waals surface area (Å²) in [5, 5.41) is 7.45. The first kappa shape index (κ1) is 24.7. The Balaban J connectivity index is 1.36. The maximum Gasteiger partial charge on any atom is 0.245 e. The molecule has 194 valence electrons. The summed E-state index contributed by atoms with van der Waals surface area (Å²) in [6.45, 7) is 4.04. The number of aryl methyl sites for hydroxylation is 1. The van der Waals surface area contributed by atoms with Gasteiger partial charge in [0.25, 0.3) is 0 Å². The Morgan fingerprint density at radius 2 is 1.89 bits per heavy atom. The van der Waals surface area contributed by atoms with Crippen LogP contribution >= 0.6 is 0 Å². The number of likely N-dealkylation sites (tertiary alicyclic amines) is 2. The van der Waals surface area contributed by atoms with E-state index in [1.807, 2.05) is 36.1 Å². The minimum absolute atomic E-state index is 0.00269. The van der Waals surface area contributed by atoms with Gasteiger partial charge < -0.3 is 29.3 Å². The number of ketones is 1. The maximum absolute atomic E-state index is 13.5. The van der Waals surface area contributed by atoms with E-state index in [0.29, 0.717) is 18.8 Å². The van der Waals surface area contributed by atoms with E-state index in [0.717, 1.165) is 61.2 Å². The zero-order chi connectivity index (χ0) is 25.8. The molecular formula is C28H32N4O5. The van der Waals surface area contributed by atoms with Crippen LogP contribution < -0.4 is 10.6 Å². The van der Waals surface area contributed by atoms with Crippen LogP contribution in [0.15, 0.2) is 63.4 Å². The number of hydrogen-bond donors (Lipinski definition) is 2. The molecule has 0 saturated carbocycles. The number of furan rings is 2. The minimum Gasteiger partial charge on any atom is -0.461 e. The molecule has 0 bridgehead atoms. The summed E-state index contributed by atoms with van der Waals surface area (Å²) < 4.78 is 10.9. The monoisotopic (exact) mass is 504 g/mol. The van der Waals surface area contributed by atoms with Gasteiger partial charge in [-0.1, -0.05) is 0 Å². The molecule has 4 heterocycles. The van der Waals surface area contributed by atoms with Crippen LogP contribution in [0, 0.1) is 6.92 Å². The maximum atomic E-state index is 13.5. The van der Waals surface area contributed by atoms with Crippen molar-refractivity contribution in [3.63, 3.8) is 0 Å². The Morgan fingerprint density at radius 1 is 1.08 bits per heavy atom. The molecule has 37 heavy (non-hydrogen) atoms. The molecule has 0 aliphatic carbocycles. The fraction of sp³-hybridized carbons (Fsp3) is 0.393. The second-order valence-corrected chi connectivity index (χ2v) is 9.67. The van der Waals surface area contributed by atoms with E-state index < -0.39 is 6.04 Å². The van der Waals surface area contributed by atoms with E-state index in [9.17, 15) is 14.4 Å². The van der Waals surface area contributed by atoms with Crippen molar-refractivity contribution in [1.29, 1.82) is 0 Å². The van der Waals surface area contributed by atoms with E-state index in [1.165, 1.54) is 12.3 Å². The third kappa shape index (κ3) is 5.87. The van der Waals surface area contributed by atoms with Crippen molar-refractivity contribution in [1.82, 2.24) is 15.1 Å². The normalized spacial score (nSPS) is 18.8. The number of benzene rings is 1. The fourth-order valence-electron chi connectivity index (χ4n) is 4.96. The van der Waals surface area contributed by atoms with Gasteiger partial charge in [-0.25, -0.2) is 0 Å². The minimum atomic E-state index is -0.572. The van der Waals surface area contributed by atoms with E-state index in [2.05, 4.69) is 10.6 Å². The Kier molecular flexibility index (Phi) is 7.30. The molecule has 9 heteroatoms. The topological polar surface area (TPSA) is 108 Å². The molecule has 2 aromatic heterocycles. The first-order valence-corrected chi connectivity index (χ1v) is 12.9. The summed E-state index contributed by atoms with van der Waals surface area (Å²) in [7, 11) is 0. The van der Waals surface area contributed by atoms with Gasteiger partial charge in [0, 0.05) is 36.8 Å². The smallest absolute Gasteiger partial charge is 0.245 e. The average Bonchev–Trinajstić information content (AvgIpc) is 3.64. The Labute approximate surface area is 215 Å². The highest BCUT2D eigenvalue weighted by atomic mass is 16.3. The van der Waals surface area contributed by atoms with Crippen LogP contribution in [0.5, 0.6) is 0 Å². The van der Waals surface area contributed by atoms with Crippen molar-refractivity contribution in [3.8, 4) is 0 Å². The zero-order valence-electron chi connectivity index (χ0n) is 21.0. The average molecular weight is 505 g/mol. The van der Waals surface area contributed by atoms with E-state index in [-0.39, 0.29) is 29.9 Å². The van der Waals surface area contributed by atoms with Crippen LogP contribution in [0.1, 0.15) is 48.4 Å². The van der Waals surface area contributed by atoms with Gasteiger partial charge in [0.05, 0.1) is 12.8 Å². The number of allylic oxidation sites excluding steroid dienone is 1. The lowest BCUT2D eigenvalue weighted by Crippen LogP contribution is -2.49. The van der Waals surface area contributed by atoms with Crippen LogP contribution in [0.4, 0.5) is 5.69 Å². The molecule has 1 atom stereocenters. The highest BCUT2D eigenvalue weighted by molar-refractivity contribution is 6.03. The van der Waals surface area contributed by atoms with Gasteiger partial charge in [0.1, 0.15) is 23.2 Å². The van der Waals surface area contributed by atoms with Crippen molar-refractivity contribution in [2.24, 2.45) is 0 Å². The SMILES string of the molecule is Cc1cc2cc(NC(=CC(=O)c3ccco3)N[C@H]3CCCCN(CC(=O)N4CCCC4)C3=O)ccc2o1. The Hall–Kier alpha value is -4.01. The molecule has 2 aliphatic rings. The number of fused-ring (bicyclic) bond motifs is 1. The molecular weight excluding hydrogens is 472 g/mol. The zero-order valence-corrected chi connectivity index (χ0v) is 21.0. The molecule has 0 radical (unpaired) electrons. The van der Waals surface area contributed by atoms with Crippen LogP contribution in [0.25, 0.3) is 11.0 Å². The molecule has 2 fully saturated rings. The van der Waals surface area contributed by atoms with Gasteiger partial charge in [-0.3, -0.25) is 14.4 Å². The van der Waals surface area contributed by atoms with Crippen LogP contribution in [-0.2, 0) is 9.59 Å². The van der Waals surface area contributed by atoms with Crippen molar-refractivity contribution in [2.75, 3.05) is 31.5 Å². The Morgan fingerprint density at radius 3 is 2.68 bits per heavy atom. The lowest BCUT2D eigenvalue weighted by molar-refractivity contribution is -0.140. The standard InChI is InChI=1S/C28H32N4O5/c1-19-15-20-16-21(9-10-24(20)37-19)29-26(17-23(33)25-8-6-14-36-25)30-22-7-2-3-13-32(28(22)35)18-27(34)31-11-4-5-12-31/h6,8-10,14-17,22,29-30H,2-5,7,11-13,18H2,1H3/t22-/m0/s1. The summed E-state index contributed by atoms with van der Waals surface area (Å²) in [4.78, 5) is 42.6. The first-order valence-electron chi connectivity index (χ1n) is 12.9. The molecule has 2 N–H and O–H groups in total. The van der Waals surface area contributed by atoms with Crippen LogP contribution in [0.3, 0.4) is 0 Å². The van der Waals surface area contributed by atoms with Gasteiger partial charge in [-0.05, 0) is 75.4 Å². The van der Waals surface area contributed by atoms with Crippen molar-refractivity contribution in [2.45, 2.75) is 45.1 Å². The predicted molar refractivity (Wildman–Crippen MR) is 139 cm³/mol. The van der Waals surface area contributed by atoms with Gasteiger partial charge in [0.15, 0.2) is 5.76 Å². The highest BCUT2D eigenvalue weighted by Gasteiger charge is 2.30. The number of amides is 2. The quantitative estimate of drug-likeness (QED) is 0.352. The Bertz CT molecular complexity index is 1300. The molecule has 5 rings (SSSR count). The molecule has 3 aromatic rings. The molecule has 1 aromatic carbocycles. The van der Waals surface area contributed by atoms with E-state index in [4.69, 9.17) is 8.83 Å². The van der Waals surface area contributed by atoms with Gasteiger partial charge in [-0.2, -0.15) is 0 Å². The lowest BCUT2D eigenvalue weighted by atomic mass is 10.1. The third-order valence-corrected chi connectivity index (χ3v) is 6.85. The van der Waals surface area contributed by atoms with Crippen molar-refractivity contribution < 1.29 is 23.2 Å². The first-order chi connectivity index (χ1) is 18.0. The molecule has 0 spiro atoms. The molecule has 0 unspecified atom stereocenters. The number of anilines is 1. The van der Waals surface area contributed by atoms with Crippen molar-refractivity contribution in [3.05, 3.63) is 66.1 Å². The fourth-order valence-corrected chi connectivity index (χ4v) is 4.96. The lowest BCUT2D eigenvalue weighted by Gasteiger charge is -2.27. The number of carbonyl (C=O) groups excluding carboxylic acids is 3. The summed E-state index contributed by atoms with van der Waals surface area (Å²) >= 11 is 0. The third-order valence-electron chi connectivity index (χ3n) is 6.85. The number of carbonyl (C=O) groups is 3. The largest absolute Gasteiger partial charge is 0.461 e. The molecule has 2 aliphatic heterocycles. The number of hydrogen-bond acceptors (Lipinski definition) is 7. The number of nitrogens with zero attached hydrogens (tertiary/aromatic N) is 2. The summed E-state index contributed by atoms with van der Waals surface area (Å²) in [6, 6.07) is 10.3. The van der Waals surface area contributed by atoms with E-state index >= 15 is 0 Å². The molecule has 2 saturated heterocycles. The second-order valence-electron chi connectivity index (χ2n) is 9.67. The predicted octanol–water partition coefficient (Wildman–Crippen LogP) is 4.06. The highest BCUT2D eigenvalue weighted by Crippen LogP contribution is 2.24. The van der Waals surface area contributed by atoms with Crippen molar-refractivity contribution >= 4 is 34.3 Å². The number of nitrogens with one attached hydrogen (secondary N) is 2. The summed E-state index contributed by atoms with van der Waals surface area (Å²) in [5.41, 5.74) is 1.51. The van der Waals surface area contributed by atoms with E-state index in [1.54, 1.807) is 17.0 Å². The van der Waals surface area contributed by atoms with Gasteiger partial charge >= 0.3 is 0 Å². The summed E-state index contributed by atoms with van der Waals surface area (Å²) in [6.07, 6.45) is 7.13. The number of rotatable bonds is 8. The van der Waals surface area contributed by atoms with Crippen LogP contribution in [0.2, 0.25) is 0 Å². The molecule has 9 nitrogen and oxygen atoms in total.